The number of hydrogen-bond acceptors (Lipinski definition) is 10. The predicted molar refractivity (Wildman–Crippen MR) is 110 cm³/mol. The number of phenols is 2. The van der Waals surface area contributed by atoms with Crippen LogP contribution in [0.25, 0.3) is 0 Å². The van der Waals surface area contributed by atoms with Gasteiger partial charge in [-0.25, -0.2) is 10.4 Å². The minimum absolute atomic E-state index is 0.0545. The van der Waals surface area contributed by atoms with E-state index in [2.05, 4.69) is 31.4 Å². The van der Waals surface area contributed by atoms with Crippen LogP contribution in [0.3, 0.4) is 0 Å². The van der Waals surface area contributed by atoms with Crippen LogP contribution >= 0.6 is 15.9 Å². The topological polar surface area (TPSA) is 180 Å². The zero-order chi connectivity index (χ0) is 23.1. The summed E-state index contributed by atoms with van der Waals surface area (Å²) in [5.41, 5.74) is 2.53. The average molecular weight is 494 g/mol. The largest absolute Gasteiger partial charge is 0.507 e. The quantitative estimate of drug-likeness (QED) is 0.281. The van der Waals surface area contributed by atoms with E-state index in [1.807, 2.05) is 6.07 Å². The number of pyridine rings is 1. The van der Waals surface area contributed by atoms with E-state index >= 15 is 0 Å². The Hall–Kier alpha value is -3.76. The van der Waals surface area contributed by atoms with E-state index in [0.717, 1.165) is 18.3 Å². The standard InChI is InChI=1S/C18H16BrN5O7/c1-9-17(19)12(7-30-2)11(5-20)18(22-9)31-8-16(27)23-21-6-10-3-13(24(28)29)15(26)4-14(10)25/h3-4,6,25-26H,7-8H2,1-2H3,(H,23,27)/b21-6+. The predicted octanol–water partition coefficient (Wildman–Crippen LogP) is 2.02. The number of methoxy groups -OCH3 is 1. The monoisotopic (exact) mass is 493 g/mol. The molecule has 0 saturated heterocycles. The first-order valence-corrected chi connectivity index (χ1v) is 9.21. The molecule has 1 amide bonds. The first kappa shape index (κ1) is 23.5. The first-order valence-electron chi connectivity index (χ1n) is 8.42. The molecule has 0 radical (unpaired) electrons. The van der Waals surface area contributed by atoms with E-state index in [4.69, 9.17) is 9.47 Å². The fourth-order valence-electron chi connectivity index (χ4n) is 2.39. The number of phenolic OH excluding ortho intramolecular Hbond substituents is 2. The molecule has 0 aliphatic carbocycles. The van der Waals surface area contributed by atoms with Gasteiger partial charge in [0.2, 0.25) is 5.88 Å². The van der Waals surface area contributed by atoms with E-state index in [0.29, 0.717) is 15.7 Å². The minimum Gasteiger partial charge on any atom is -0.507 e. The number of nitro benzene ring substituents is 1. The van der Waals surface area contributed by atoms with Crippen molar-refractivity contribution in [1.29, 1.82) is 5.26 Å². The van der Waals surface area contributed by atoms with Crippen molar-refractivity contribution in [2.24, 2.45) is 5.10 Å². The number of carbonyl (C=O) groups is 1. The lowest BCUT2D eigenvalue weighted by molar-refractivity contribution is -0.385. The van der Waals surface area contributed by atoms with Crippen LogP contribution in [0.4, 0.5) is 5.69 Å². The summed E-state index contributed by atoms with van der Waals surface area (Å²) in [7, 11) is 1.47. The lowest BCUT2D eigenvalue weighted by Gasteiger charge is -2.13. The molecule has 0 spiro atoms. The van der Waals surface area contributed by atoms with Crippen LogP contribution in [0.5, 0.6) is 17.4 Å². The number of halogens is 1. The molecule has 0 bridgehead atoms. The summed E-state index contributed by atoms with van der Waals surface area (Å²) in [4.78, 5) is 26.1. The molecule has 2 rings (SSSR count). The number of nitrogens with one attached hydrogen (secondary N) is 1. The summed E-state index contributed by atoms with van der Waals surface area (Å²) in [6.45, 7) is 1.28. The first-order chi connectivity index (χ1) is 14.7. The molecule has 31 heavy (non-hydrogen) atoms. The summed E-state index contributed by atoms with van der Waals surface area (Å²) >= 11 is 3.34. The molecule has 162 valence electrons. The third kappa shape index (κ3) is 5.65. The van der Waals surface area contributed by atoms with Gasteiger partial charge in [-0.3, -0.25) is 14.9 Å². The number of hydrogen-bond donors (Lipinski definition) is 3. The number of nitro groups is 1. The molecule has 12 nitrogen and oxygen atoms in total. The van der Waals surface area contributed by atoms with Gasteiger partial charge in [0.05, 0.1) is 23.4 Å². The molecule has 0 fully saturated rings. The second-order valence-corrected chi connectivity index (χ2v) is 6.75. The lowest BCUT2D eigenvalue weighted by Crippen LogP contribution is -2.25. The number of amides is 1. The summed E-state index contributed by atoms with van der Waals surface area (Å²) < 4.78 is 11.0. The van der Waals surface area contributed by atoms with Gasteiger partial charge in [-0.1, -0.05) is 0 Å². The van der Waals surface area contributed by atoms with E-state index in [9.17, 15) is 30.4 Å². The molecule has 0 saturated carbocycles. The summed E-state index contributed by atoms with van der Waals surface area (Å²) in [5, 5.41) is 43.0. The number of aromatic nitrogens is 1. The fourth-order valence-corrected chi connectivity index (χ4v) is 2.79. The third-order valence-corrected chi connectivity index (χ3v) is 4.87. The van der Waals surface area contributed by atoms with Gasteiger partial charge in [-0.15, -0.1) is 0 Å². The van der Waals surface area contributed by atoms with Gasteiger partial charge < -0.3 is 19.7 Å². The molecule has 0 unspecified atom stereocenters. The minimum atomic E-state index is -0.837. The van der Waals surface area contributed by atoms with Gasteiger partial charge in [0, 0.05) is 34.8 Å². The van der Waals surface area contributed by atoms with E-state index in [1.165, 1.54) is 7.11 Å². The number of benzene rings is 1. The smallest absolute Gasteiger partial charge is 0.311 e. The number of aryl methyl sites for hydroxylation is 1. The zero-order valence-corrected chi connectivity index (χ0v) is 17.8. The molecule has 0 aliphatic heterocycles. The molecule has 2 aromatic rings. The zero-order valence-electron chi connectivity index (χ0n) is 16.2. The van der Waals surface area contributed by atoms with Crippen LogP contribution in [0, 0.1) is 28.4 Å². The highest BCUT2D eigenvalue weighted by atomic mass is 79.9. The second kappa shape index (κ2) is 10.3. The highest BCUT2D eigenvalue weighted by Gasteiger charge is 2.19. The maximum atomic E-state index is 12.0. The van der Waals surface area contributed by atoms with Crippen LogP contribution in [-0.4, -0.2) is 46.0 Å². The van der Waals surface area contributed by atoms with Crippen molar-refractivity contribution in [2.45, 2.75) is 13.5 Å². The van der Waals surface area contributed by atoms with Crippen molar-refractivity contribution in [1.82, 2.24) is 10.4 Å². The molecule has 13 heteroatoms. The average Bonchev–Trinajstić information content (AvgIpc) is 2.71. The second-order valence-electron chi connectivity index (χ2n) is 5.95. The molecule has 1 heterocycles. The summed E-state index contributed by atoms with van der Waals surface area (Å²) in [6.07, 6.45) is 0.957. The Balaban J connectivity index is 2.09. The highest BCUT2D eigenvalue weighted by molar-refractivity contribution is 9.10. The molecular formula is C18H16BrN5O7. The maximum Gasteiger partial charge on any atom is 0.311 e. The molecule has 0 aliphatic rings. The highest BCUT2D eigenvalue weighted by Crippen LogP contribution is 2.32. The number of hydrazone groups is 1. The van der Waals surface area contributed by atoms with Crippen LogP contribution in [-0.2, 0) is 16.1 Å². The van der Waals surface area contributed by atoms with Gasteiger partial charge in [0.25, 0.3) is 5.91 Å². The van der Waals surface area contributed by atoms with Crippen molar-refractivity contribution >= 4 is 33.7 Å². The Labute approximate surface area is 184 Å². The van der Waals surface area contributed by atoms with E-state index < -0.39 is 34.6 Å². The van der Waals surface area contributed by atoms with Crippen LogP contribution in [0.1, 0.15) is 22.4 Å². The maximum absolute atomic E-state index is 12.0. The number of nitrogens with zero attached hydrogens (tertiary/aromatic N) is 4. The molecular weight excluding hydrogens is 478 g/mol. The molecule has 1 aromatic heterocycles. The number of carbonyl (C=O) groups excluding carboxylic acids is 1. The van der Waals surface area contributed by atoms with E-state index in [-0.39, 0.29) is 23.6 Å². The number of ether oxygens (including phenoxy) is 2. The normalized spacial score (nSPS) is 10.6. The Bertz CT molecular complexity index is 1100. The van der Waals surface area contributed by atoms with Crippen LogP contribution in [0.15, 0.2) is 21.7 Å². The van der Waals surface area contributed by atoms with Crippen molar-refractivity contribution in [2.75, 3.05) is 13.7 Å². The van der Waals surface area contributed by atoms with Crippen molar-refractivity contribution in [3.05, 3.63) is 49.1 Å². The van der Waals surface area contributed by atoms with Gasteiger partial charge >= 0.3 is 5.69 Å². The van der Waals surface area contributed by atoms with Crippen molar-refractivity contribution in [3.8, 4) is 23.4 Å². The SMILES string of the molecule is COCc1c(Br)c(C)nc(OCC(=O)N/N=C/c2cc([N+](=O)[O-])c(O)cc2O)c1C#N. The third-order valence-electron chi connectivity index (χ3n) is 3.82. The summed E-state index contributed by atoms with van der Waals surface area (Å²) in [5.74, 6) is -1.96. The lowest BCUT2D eigenvalue weighted by atomic mass is 10.1. The number of aromatic hydroxyl groups is 2. The van der Waals surface area contributed by atoms with Crippen LogP contribution in [0.2, 0.25) is 0 Å². The molecule has 3 N–H and O–H groups in total. The van der Waals surface area contributed by atoms with Gasteiger partial charge in [0.1, 0.15) is 17.4 Å². The van der Waals surface area contributed by atoms with Gasteiger partial charge in [-0.05, 0) is 22.9 Å². The Morgan fingerprint density at radius 3 is 2.77 bits per heavy atom. The number of rotatable bonds is 8. The Morgan fingerprint density at radius 2 is 2.16 bits per heavy atom. The van der Waals surface area contributed by atoms with Gasteiger partial charge in [-0.2, -0.15) is 10.4 Å². The van der Waals surface area contributed by atoms with E-state index in [1.54, 1.807) is 6.92 Å². The van der Waals surface area contributed by atoms with Crippen molar-refractivity contribution < 1.29 is 29.4 Å². The van der Waals surface area contributed by atoms with Gasteiger partial charge in [0.15, 0.2) is 12.4 Å². The van der Waals surface area contributed by atoms with Crippen LogP contribution < -0.4 is 10.2 Å². The summed E-state index contributed by atoms with van der Waals surface area (Å²) in [6, 6.07) is 3.64. The van der Waals surface area contributed by atoms with Crippen molar-refractivity contribution in [3.63, 3.8) is 0 Å². The Morgan fingerprint density at radius 1 is 1.45 bits per heavy atom. The number of nitriles is 1. The molecule has 0 atom stereocenters. The fraction of sp³-hybridized carbons (Fsp3) is 0.222. The Kier molecular flexibility index (Phi) is 7.83. The molecule has 1 aromatic carbocycles.